The van der Waals surface area contributed by atoms with Crippen molar-refractivity contribution in [1.29, 1.82) is 0 Å². The summed E-state index contributed by atoms with van der Waals surface area (Å²) in [5.41, 5.74) is 10.2. The highest BCUT2D eigenvalue weighted by Gasteiger charge is 2.29. The molecule has 0 aromatic heterocycles. The molecule has 4 N–H and O–H groups in total. The van der Waals surface area contributed by atoms with Crippen molar-refractivity contribution in [3.63, 3.8) is 0 Å². The van der Waals surface area contributed by atoms with Gasteiger partial charge in [0.05, 0.1) is 21.1 Å². The maximum atomic E-state index is 13.9. The Morgan fingerprint density at radius 2 is 1.65 bits per heavy atom. The molecule has 2 saturated heterocycles. The van der Waals surface area contributed by atoms with Crippen LogP contribution in [0.2, 0.25) is 5.02 Å². The van der Waals surface area contributed by atoms with E-state index in [-0.39, 0.29) is 22.9 Å². The van der Waals surface area contributed by atoms with Gasteiger partial charge in [-0.25, -0.2) is 13.1 Å². The number of nitrogen functional groups attached to an aromatic ring is 1. The summed E-state index contributed by atoms with van der Waals surface area (Å²) in [6.45, 7) is 5.05. The molecule has 2 aliphatic rings. The summed E-state index contributed by atoms with van der Waals surface area (Å²) in [6.07, 6.45) is 1.64. The minimum absolute atomic E-state index is 0.0398. The van der Waals surface area contributed by atoms with Crippen LogP contribution in [0.3, 0.4) is 0 Å². The minimum atomic E-state index is -4.56. The maximum Gasteiger partial charge on any atom is 0.293 e. The van der Waals surface area contributed by atoms with Gasteiger partial charge in [0.2, 0.25) is 0 Å². The second-order valence-corrected chi connectivity index (χ2v) is 16.2. The zero-order valence-electron chi connectivity index (χ0n) is 31.1. The van der Waals surface area contributed by atoms with Gasteiger partial charge in [0, 0.05) is 75.3 Å². The number of carbonyl (C=O) groups excluding carboxylic acids is 1. The largest absolute Gasteiger partial charge is 0.454 e. The first-order chi connectivity index (χ1) is 27.5. The molecule has 0 radical (unpaired) electrons. The maximum absolute atomic E-state index is 13.9. The van der Waals surface area contributed by atoms with Crippen LogP contribution in [0.1, 0.15) is 28.8 Å². The van der Waals surface area contributed by atoms with Crippen molar-refractivity contribution in [3.05, 3.63) is 135 Å². The van der Waals surface area contributed by atoms with E-state index in [4.69, 9.17) is 26.8 Å². The highest BCUT2D eigenvalue weighted by atomic mass is 35.5. The fourth-order valence-corrected chi connectivity index (χ4v) is 8.24. The number of nitro benzene ring substituents is 1. The van der Waals surface area contributed by atoms with Crippen molar-refractivity contribution < 1.29 is 27.6 Å². The average Bonchev–Trinajstić information content (AvgIpc) is 3.21. The number of nitrogens with two attached hydrogens (primary N) is 1. The normalized spacial score (nSPS) is 15.2. The number of hydrogen-bond donors (Lipinski definition) is 3. The van der Waals surface area contributed by atoms with E-state index in [0.29, 0.717) is 68.1 Å². The molecule has 15 heteroatoms. The number of halogens is 1. The van der Waals surface area contributed by atoms with Gasteiger partial charge in [-0.3, -0.25) is 19.8 Å². The number of hydrogen-bond acceptors (Lipinski definition) is 11. The fraction of sp³-hybridized carbons (Fsp3) is 0.262. The quantitative estimate of drug-likeness (QED) is 0.0609. The zero-order chi connectivity index (χ0) is 39.9. The summed E-state index contributed by atoms with van der Waals surface area (Å²) < 4.78 is 41.2. The molecule has 296 valence electrons. The van der Waals surface area contributed by atoms with Crippen LogP contribution in [-0.2, 0) is 21.3 Å². The van der Waals surface area contributed by atoms with E-state index in [2.05, 4.69) is 32.0 Å². The van der Waals surface area contributed by atoms with Crippen LogP contribution in [0, 0.1) is 16.0 Å². The fourth-order valence-electron chi connectivity index (χ4n) is 7.13. The van der Waals surface area contributed by atoms with Crippen molar-refractivity contribution in [2.24, 2.45) is 5.92 Å². The number of piperazine rings is 1. The van der Waals surface area contributed by atoms with Gasteiger partial charge in [0.25, 0.3) is 21.6 Å². The Bertz CT molecular complexity index is 2350. The lowest BCUT2D eigenvalue weighted by molar-refractivity contribution is -0.384. The molecule has 13 nitrogen and oxygen atoms in total. The van der Waals surface area contributed by atoms with Crippen LogP contribution < -0.4 is 25.4 Å². The minimum Gasteiger partial charge on any atom is -0.454 e. The van der Waals surface area contributed by atoms with Crippen molar-refractivity contribution in [2.75, 3.05) is 61.9 Å². The number of anilines is 3. The van der Waals surface area contributed by atoms with Crippen LogP contribution >= 0.6 is 11.6 Å². The van der Waals surface area contributed by atoms with Crippen molar-refractivity contribution in [2.45, 2.75) is 24.3 Å². The number of para-hydroxylation sites is 1. The molecule has 0 spiro atoms. The summed E-state index contributed by atoms with van der Waals surface area (Å²) in [7, 11) is -4.56. The Morgan fingerprint density at radius 1 is 0.912 bits per heavy atom. The van der Waals surface area contributed by atoms with Crippen LogP contribution in [0.4, 0.5) is 22.7 Å². The van der Waals surface area contributed by atoms with Crippen LogP contribution in [0.25, 0.3) is 11.1 Å². The van der Waals surface area contributed by atoms with Gasteiger partial charge in [-0.15, -0.1) is 0 Å². The second-order valence-electron chi connectivity index (χ2n) is 14.1. The standard InChI is InChI=1S/C42H43ClN6O7S/c43-32-13-11-30(12-14-32)36-8-2-1-5-31(36)28-47-19-21-48(22-20-47)39-10-4-9-37(41(39)56-34-7-3-6-33(44)25-34)42(50)46-57(53,54)35-15-16-38(40(26-35)49(51)52)45-27-29-17-23-55-24-18-29/h1-16,25-26,29,45H,17-24,27-28,44H2,(H,46,50). The highest BCUT2D eigenvalue weighted by Crippen LogP contribution is 2.38. The van der Waals surface area contributed by atoms with Crippen LogP contribution in [0.5, 0.6) is 11.5 Å². The summed E-state index contributed by atoms with van der Waals surface area (Å²) in [6, 6.07) is 31.3. The predicted octanol–water partition coefficient (Wildman–Crippen LogP) is 7.57. The van der Waals surface area contributed by atoms with E-state index in [0.717, 1.165) is 36.6 Å². The number of benzene rings is 5. The number of carbonyl (C=O) groups is 1. The summed E-state index contributed by atoms with van der Waals surface area (Å²) in [5, 5.41) is 15.8. The number of ether oxygens (including phenoxy) is 2. The Hall–Kier alpha value is -5.67. The van der Waals surface area contributed by atoms with Crippen molar-refractivity contribution in [3.8, 4) is 22.6 Å². The van der Waals surface area contributed by atoms with E-state index >= 15 is 0 Å². The third-order valence-electron chi connectivity index (χ3n) is 10.2. The molecule has 7 rings (SSSR count). The topological polar surface area (TPSA) is 169 Å². The highest BCUT2D eigenvalue weighted by molar-refractivity contribution is 7.90. The van der Waals surface area contributed by atoms with Crippen molar-refractivity contribution >= 4 is 50.3 Å². The molecular weight excluding hydrogens is 768 g/mol. The van der Waals surface area contributed by atoms with Gasteiger partial charge in [-0.1, -0.05) is 60.1 Å². The lowest BCUT2D eigenvalue weighted by atomic mass is 9.99. The predicted molar refractivity (Wildman–Crippen MR) is 222 cm³/mol. The molecule has 57 heavy (non-hydrogen) atoms. The molecule has 0 bridgehead atoms. The first-order valence-corrected chi connectivity index (χ1v) is 20.5. The van der Waals surface area contributed by atoms with Gasteiger partial charge in [-0.05, 0) is 84.0 Å². The Labute approximate surface area is 336 Å². The zero-order valence-corrected chi connectivity index (χ0v) is 32.7. The molecule has 5 aromatic carbocycles. The number of rotatable bonds is 13. The van der Waals surface area contributed by atoms with Gasteiger partial charge in [0.15, 0.2) is 5.75 Å². The lowest BCUT2D eigenvalue weighted by Gasteiger charge is -2.37. The number of amides is 1. The Balaban J connectivity index is 1.10. The molecule has 2 aliphatic heterocycles. The number of nitro groups is 1. The summed E-state index contributed by atoms with van der Waals surface area (Å²) >= 11 is 6.15. The first kappa shape index (κ1) is 39.6. The monoisotopic (exact) mass is 810 g/mol. The number of nitrogens with zero attached hydrogens (tertiary/aromatic N) is 3. The molecule has 1 amide bonds. The molecule has 2 heterocycles. The van der Waals surface area contributed by atoms with Crippen LogP contribution in [0.15, 0.2) is 114 Å². The van der Waals surface area contributed by atoms with E-state index in [1.807, 2.05) is 42.5 Å². The third kappa shape index (κ3) is 9.66. The van der Waals surface area contributed by atoms with Gasteiger partial charge in [-0.2, -0.15) is 0 Å². The molecule has 0 saturated carbocycles. The molecular formula is C42H43ClN6O7S. The Morgan fingerprint density at radius 3 is 2.39 bits per heavy atom. The number of sulfonamides is 1. The second kappa shape index (κ2) is 17.6. The smallest absolute Gasteiger partial charge is 0.293 e. The van der Waals surface area contributed by atoms with E-state index in [1.165, 1.54) is 23.8 Å². The summed E-state index contributed by atoms with van der Waals surface area (Å²) in [5.74, 6) is -0.183. The molecule has 0 unspecified atom stereocenters. The van der Waals surface area contributed by atoms with Gasteiger partial charge >= 0.3 is 0 Å². The van der Waals surface area contributed by atoms with Gasteiger partial charge < -0.3 is 25.4 Å². The van der Waals surface area contributed by atoms with Crippen molar-refractivity contribution in [1.82, 2.24) is 9.62 Å². The van der Waals surface area contributed by atoms with Crippen LogP contribution in [-0.4, -0.2) is 70.1 Å². The van der Waals surface area contributed by atoms with E-state index < -0.39 is 31.4 Å². The van der Waals surface area contributed by atoms with E-state index in [9.17, 15) is 23.3 Å². The van der Waals surface area contributed by atoms with E-state index in [1.54, 1.807) is 30.3 Å². The molecule has 0 atom stereocenters. The lowest BCUT2D eigenvalue weighted by Crippen LogP contribution is -2.46. The summed E-state index contributed by atoms with van der Waals surface area (Å²) in [4.78, 5) is 29.4. The average molecular weight is 811 g/mol. The Kier molecular flexibility index (Phi) is 12.2. The third-order valence-corrected chi connectivity index (χ3v) is 11.8. The molecule has 0 aliphatic carbocycles. The first-order valence-electron chi connectivity index (χ1n) is 18.7. The van der Waals surface area contributed by atoms with Gasteiger partial charge in [0.1, 0.15) is 11.4 Å². The SMILES string of the molecule is Nc1cccc(Oc2c(C(=O)NS(=O)(=O)c3ccc(NCC4CCOCC4)c([N+](=O)[O-])c3)cccc2N2CCN(Cc3ccccc3-c3ccc(Cl)cc3)CC2)c1. The molecule has 2 fully saturated rings. The number of nitrogens with one attached hydrogen (secondary N) is 2. The molecule has 5 aromatic rings.